The number of hydrogen-bond acceptors (Lipinski definition) is 1. The van der Waals surface area contributed by atoms with Crippen LogP contribution in [0, 0.1) is 0 Å². The van der Waals surface area contributed by atoms with E-state index in [0.29, 0.717) is 0 Å². The fourth-order valence-corrected chi connectivity index (χ4v) is 0.525. The van der Waals surface area contributed by atoms with Crippen LogP contribution in [0.25, 0.3) is 0 Å². The molecule has 0 saturated heterocycles. The van der Waals surface area contributed by atoms with Crippen LogP contribution in [-0.2, 0) is 0 Å². The van der Waals surface area contributed by atoms with Gasteiger partial charge in [-0.15, -0.1) is 0 Å². The van der Waals surface area contributed by atoms with E-state index < -0.39 is 0 Å². The fourth-order valence-electron chi connectivity index (χ4n) is 0.381. The van der Waals surface area contributed by atoms with E-state index in [1.807, 2.05) is 32.1 Å². The summed E-state index contributed by atoms with van der Waals surface area (Å²) in [6.45, 7) is 4.71. The Morgan fingerprint density at radius 1 is 1.50 bits per heavy atom. The number of nitrogens with zero attached hydrogens (tertiary/aromatic N) is 1. The number of allylic oxidation sites excluding steroid dienone is 3. The van der Waals surface area contributed by atoms with Gasteiger partial charge in [0.25, 0.3) is 0 Å². The molecule has 0 fully saturated rings. The van der Waals surface area contributed by atoms with Crippen LogP contribution in [0.3, 0.4) is 0 Å². The van der Waals surface area contributed by atoms with Crippen LogP contribution in [0.4, 0.5) is 0 Å². The Balaban J connectivity index is 3.56. The van der Waals surface area contributed by atoms with Crippen molar-refractivity contribution >= 4 is 22.1 Å². The lowest BCUT2D eigenvalue weighted by Gasteiger charge is -1.83. The van der Waals surface area contributed by atoms with Crippen molar-refractivity contribution in [2.24, 2.45) is 4.99 Å². The summed E-state index contributed by atoms with van der Waals surface area (Å²) in [6, 6.07) is 0. The van der Waals surface area contributed by atoms with Crippen LogP contribution in [0.1, 0.15) is 13.8 Å². The summed E-state index contributed by atoms with van der Waals surface area (Å²) in [4.78, 5) is 4.10. The number of hydrogen-bond donors (Lipinski definition) is 0. The van der Waals surface area contributed by atoms with Crippen LogP contribution in [0.5, 0.6) is 0 Å². The van der Waals surface area contributed by atoms with Crippen molar-refractivity contribution in [2.75, 3.05) is 6.54 Å². The molecule has 0 aliphatic rings. The summed E-state index contributed by atoms with van der Waals surface area (Å²) in [7, 11) is 0. The minimum absolute atomic E-state index is 0.763. The summed E-state index contributed by atoms with van der Waals surface area (Å²) in [6.07, 6.45) is 7.76. The van der Waals surface area contributed by atoms with E-state index in [4.69, 9.17) is 0 Å². The average molecular weight is 202 g/mol. The van der Waals surface area contributed by atoms with Crippen LogP contribution >= 0.6 is 15.9 Å². The van der Waals surface area contributed by atoms with Gasteiger partial charge in [0.15, 0.2) is 0 Å². The molecule has 0 aliphatic carbocycles. The minimum atomic E-state index is 0.763. The molecule has 0 unspecified atom stereocenters. The Morgan fingerprint density at radius 3 is 2.70 bits per heavy atom. The zero-order chi connectivity index (χ0) is 7.82. The Labute approximate surface area is 70.7 Å². The van der Waals surface area contributed by atoms with E-state index in [2.05, 4.69) is 20.9 Å². The average Bonchev–Trinajstić information content (AvgIpc) is 1.98. The first-order chi connectivity index (χ1) is 4.81. The molecule has 56 valence electrons. The second-order valence-electron chi connectivity index (χ2n) is 1.74. The first-order valence-corrected chi connectivity index (χ1v) is 4.03. The molecule has 0 N–H and O–H groups in total. The molecule has 0 radical (unpaired) electrons. The molecule has 0 aliphatic heterocycles. The van der Waals surface area contributed by atoms with Gasteiger partial charge in [-0.3, -0.25) is 4.99 Å². The maximum absolute atomic E-state index is 4.10. The molecule has 0 spiro atoms. The predicted molar refractivity (Wildman–Crippen MR) is 50.9 cm³/mol. The van der Waals surface area contributed by atoms with Gasteiger partial charge in [-0.25, -0.2) is 0 Å². The van der Waals surface area contributed by atoms with Gasteiger partial charge in [0.2, 0.25) is 0 Å². The quantitative estimate of drug-likeness (QED) is 0.492. The monoisotopic (exact) mass is 201 g/mol. The molecule has 2 heteroatoms. The van der Waals surface area contributed by atoms with Crippen molar-refractivity contribution in [3.8, 4) is 0 Å². The highest BCUT2D eigenvalue weighted by Crippen LogP contribution is 1.98. The number of aliphatic imine (C=N–C) groups is 1. The molecule has 0 bridgehead atoms. The molecule has 0 amide bonds. The molecule has 0 aromatic heterocycles. The van der Waals surface area contributed by atoms with Crippen LogP contribution in [0.15, 0.2) is 27.7 Å². The van der Waals surface area contributed by atoms with Gasteiger partial charge in [-0.05, 0) is 29.8 Å². The molecule has 1 nitrogen and oxygen atoms in total. The van der Waals surface area contributed by atoms with Crippen LogP contribution < -0.4 is 0 Å². The second kappa shape index (κ2) is 6.75. The largest absolute Gasteiger partial charge is 0.288 e. The zero-order valence-electron chi connectivity index (χ0n) is 6.34. The third-order valence-corrected chi connectivity index (χ3v) is 1.60. The lowest BCUT2D eigenvalue weighted by Crippen LogP contribution is -1.75. The van der Waals surface area contributed by atoms with Gasteiger partial charge in [0.1, 0.15) is 0 Å². The molecular formula is C8H12BrN. The number of halogens is 1. The van der Waals surface area contributed by atoms with Crippen molar-refractivity contribution in [1.29, 1.82) is 0 Å². The summed E-state index contributed by atoms with van der Waals surface area (Å²) in [5.74, 6) is 0. The highest BCUT2D eigenvalue weighted by Gasteiger charge is 1.77. The first kappa shape index (κ1) is 9.63. The van der Waals surface area contributed by atoms with E-state index in [0.717, 1.165) is 11.0 Å². The van der Waals surface area contributed by atoms with Crippen molar-refractivity contribution < 1.29 is 0 Å². The van der Waals surface area contributed by atoms with Crippen molar-refractivity contribution in [1.82, 2.24) is 0 Å². The van der Waals surface area contributed by atoms with E-state index >= 15 is 0 Å². The molecule has 0 aromatic rings. The van der Waals surface area contributed by atoms with Gasteiger partial charge in [-0.1, -0.05) is 18.2 Å². The first-order valence-electron chi connectivity index (χ1n) is 3.24. The van der Waals surface area contributed by atoms with E-state index in [9.17, 15) is 0 Å². The van der Waals surface area contributed by atoms with Gasteiger partial charge >= 0.3 is 0 Å². The topological polar surface area (TPSA) is 12.4 Å². The molecule has 0 atom stereocenters. The van der Waals surface area contributed by atoms with Crippen molar-refractivity contribution in [3.05, 3.63) is 22.7 Å². The second-order valence-corrected chi connectivity index (χ2v) is 2.65. The Morgan fingerprint density at radius 2 is 2.20 bits per heavy atom. The summed E-state index contributed by atoms with van der Waals surface area (Å²) < 4.78 is 1.03. The van der Waals surface area contributed by atoms with Crippen molar-refractivity contribution in [2.45, 2.75) is 13.8 Å². The van der Waals surface area contributed by atoms with E-state index in [-0.39, 0.29) is 0 Å². The zero-order valence-corrected chi connectivity index (χ0v) is 7.93. The Kier molecular flexibility index (Phi) is 6.50. The van der Waals surface area contributed by atoms with Gasteiger partial charge in [-0.2, -0.15) is 0 Å². The normalized spacial score (nSPS) is 13.7. The lowest BCUT2D eigenvalue weighted by atomic mass is 10.5. The lowest BCUT2D eigenvalue weighted by molar-refractivity contribution is 1.25. The molecular weight excluding hydrogens is 190 g/mol. The highest BCUT2D eigenvalue weighted by atomic mass is 79.9. The molecule has 0 rings (SSSR count). The third-order valence-electron chi connectivity index (χ3n) is 0.937. The van der Waals surface area contributed by atoms with Crippen molar-refractivity contribution in [3.63, 3.8) is 0 Å². The Hall–Kier alpha value is -0.370. The summed E-state index contributed by atoms with van der Waals surface area (Å²) in [5, 5.41) is 0. The smallest absolute Gasteiger partial charge is 0.0570 e. The van der Waals surface area contributed by atoms with E-state index in [1.165, 1.54) is 0 Å². The molecule has 0 saturated carbocycles. The molecule has 0 heterocycles. The fraction of sp³-hybridized carbons (Fsp3) is 0.375. The third kappa shape index (κ3) is 5.76. The van der Waals surface area contributed by atoms with Gasteiger partial charge in [0.05, 0.1) is 6.54 Å². The standard InChI is InChI=1S/C8H12BrN/c1-3-5-6-10-7-8(9)4-2/h3-5,7H,6H2,1-2H3/b5-3?,8-4-,10-7?. The molecule has 10 heavy (non-hydrogen) atoms. The maximum Gasteiger partial charge on any atom is 0.0570 e. The maximum atomic E-state index is 4.10. The highest BCUT2D eigenvalue weighted by molar-refractivity contribution is 9.12. The minimum Gasteiger partial charge on any atom is -0.288 e. The van der Waals surface area contributed by atoms with Gasteiger partial charge in [0, 0.05) is 10.7 Å². The van der Waals surface area contributed by atoms with Crippen LogP contribution in [-0.4, -0.2) is 12.8 Å². The van der Waals surface area contributed by atoms with E-state index in [1.54, 1.807) is 6.21 Å². The summed E-state index contributed by atoms with van der Waals surface area (Å²) >= 11 is 3.32. The summed E-state index contributed by atoms with van der Waals surface area (Å²) in [5.41, 5.74) is 0. The van der Waals surface area contributed by atoms with Gasteiger partial charge < -0.3 is 0 Å². The number of rotatable bonds is 3. The molecule has 0 aromatic carbocycles. The Bertz CT molecular complexity index is 157. The predicted octanol–water partition coefficient (Wildman–Crippen LogP) is 2.93. The SMILES string of the molecule is CC=CCN=C/C(Br)=C/C. The van der Waals surface area contributed by atoms with Crippen LogP contribution in [0.2, 0.25) is 0 Å².